The Bertz CT molecular complexity index is 360. The Morgan fingerprint density at radius 2 is 2.00 bits per heavy atom. The van der Waals surface area contributed by atoms with Crippen molar-refractivity contribution in [2.75, 3.05) is 26.3 Å². The number of hydrogen-bond donors (Lipinski definition) is 2. The summed E-state index contributed by atoms with van der Waals surface area (Å²) in [6.45, 7) is 0.291. The van der Waals surface area contributed by atoms with Crippen LogP contribution in [0.25, 0.3) is 0 Å². The van der Waals surface area contributed by atoms with Crippen molar-refractivity contribution in [3.63, 3.8) is 0 Å². The van der Waals surface area contributed by atoms with Crippen molar-refractivity contribution in [3.8, 4) is 0 Å². The van der Waals surface area contributed by atoms with Crippen molar-refractivity contribution in [3.05, 3.63) is 35.9 Å². The molecule has 0 amide bonds. The molecule has 1 atom stereocenters. The predicted octanol–water partition coefficient (Wildman–Crippen LogP) is 1.39. The fourth-order valence-electron chi connectivity index (χ4n) is 1.31. The van der Waals surface area contributed by atoms with Crippen LogP contribution in [0.2, 0.25) is 0 Å². The molecule has 18 heavy (non-hydrogen) atoms. The number of esters is 1. The van der Waals surface area contributed by atoms with E-state index in [1.165, 1.54) is 0 Å². The topological polar surface area (TPSA) is 70.0 Å². The SMILES string of the molecule is O=C(OCCN(O)CCO)C(I)c1ccccc1. The maximum atomic E-state index is 11.7. The molecular formula is C12H16INO4. The molecule has 2 N–H and O–H groups in total. The number of ether oxygens (including phenoxy) is 1. The Kier molecular flexibility index (Phi) is 7.18. The third-order valence-corrected chi connectivity index (χ3v) is 3.48. The number of aliphatic hydroxyl groups excluding tert-OH is 1. The van der Waals surface area contributed by atoms with Crippen LogP contribution in [0.15, 0.2) is 30.3 Å². The minimum absolute atomic E-state index is 0.0989. The second kappa shape index (κ2) is 8.41. The molecule has 0 aliphatic heterocycles. The van der Waals surface area contributed by atoms with Gasteiger partial charge in [0.05, 0.1) is 13.2 Å². The van der Waals surface area contributed by atoms with Gasteiger partial charge in [-0.25, -0.2) is 0 Å². The van der Waals surface area contributed by atoms with Crippen LogP contribution in [-0.4, -0.2) is 47.6 Å². The average Bonchev–Trinajstić information content (AvgIpc) is 2.39. The molecule has 0 saturated heterocycles. The van der Waals surface area contributed by atoms with Crippen LogP contribution in [0.1, 0.15) is 9.49 Å². The van der Waals surface area contributed by atoms with E-state index in [0.717, 1.165) is 10.6 Å². The third kappa shape index (κ3) is 5.30. The van der Waals surface area contributed by atoms with E-state index in [9.17, 15) is 10.0 Å². The first kappa shape index (κ1) is 15.4. The minimum atomic E-state index is -0.353. The number of hydroxylamine groups is 2. The van der Waals surface area contributed by atoms with Gasteiger partial charge in [-0.15, -0.1) is 0 Å². The quantitative estimate of drug-likeness (QED) is 0.331. The maximum absolute atomic E-state index is 11.7. The van der Waals surface area contributed by atoms with Crippen molar-refractivity contribution >= 4 is 28.6 Å². The molecular weight excluding hydrogens is 349 g/mol. The molecule has 0 fully saturated rings. The molecule has 0 bridgehead atoms. The van der Waals surface area contributed by atoms with Gasteiger partial charge in [0.15, 0.2) is 0 Å². The first-order valence-corrected chi connectivity index (χ1v) is 6.80. The summed E-state index contributed by atoms with van der Waals surface area (Å²) in [5.41, 5.74) is 0.888. The van der Waals surface area contributed by atoms with Gasteiger partial charge in [-0.1, -0.05) is 52.9 Å². The third-order valence-electron chi connectivity index (χ3n) is 2.25. The van der Waals surface area contributed by atoms with Crippen LogP contribution in [0.5, 0.6) is 0 Å². The summed E-state index contributed by atoms with van der Waals surface area (Å²) in [7, 11) is 0. The summed E-state index contributed by atoms with van der Waals surface area (Å²) < 4.78 is 4.69. The summed E-state index contributed by atoms with van der Waals surface area (Å²) in [6, 6.07) is 9.34. The number of aliphatic hydroxyl groups is 1. The molecule has 1 aromatic rings. The van der Waals surface area contributed by atoms with Crippen molar-refractivity contribution in [2.24, 2.45) is 0 Å². The zero-order valence-corrected chi connectivity index (χ0v) is 12.0. The summed E-state index contributed by atoms with van der Waals surface area (Å²) in [5.74, 6) is -0.334. The van der Waals surface area contributed by atoms with E-state index in [1.54, 1.807) is 0 Å². The van der Waals surface area contributed by atoms with Crippen LogP contribution < -0.4 is 0 Å². The van der Waals surface area contributed by atoms with Crippen molar-refractivity contribution in [1.82, 2.24) is 5.06 Å². The molecule has 1 unspecified atom stereocenters. The first-order valence-electron chi connectivity index (χ1n) is 5.55. The molecule has 1 rings (SSSR count). The number of nitrogens with zero attached hydrogens (tertiary/aromatic N) is 1. The van der Waals surface area contributed by atoms with Gasteiger partial charge in [0, 0.05) is 6.54 Å². The van der Waals surface area contributed by atoms with Crippen molar-refractivity contribution < 1.29 is 19.8 Å². The number of halogens is 1. The highest BCUT2D eigenvalue weighted by Crippen LogP contribution is 2.24. The van der Waals surface area contributed by atoms with Crippen LogP contribution in [0.3, 0.4) is 0 Å². The number of alkyl halides is 1. The van der Waals surface area contributed by atoms with Gasteiger partial charge in [-0.3, -0.25) is 4.79 Å². The average molecular weight is 365 g/mol. The molecule has 0 radical (unpaired) electrons. The number of benzene rings is 1. The Labute approximate surface area is 119 Å². The fourth-order valence-corrected chi connectivity index (χ4v) is 1.91. The minimum Gasteiger partial charge on any atom is -0.463 e. The second-order valence-electron chi connectivity index (χ2n) is 3.62. The van der Waals surface area contributed by atoms with E-state index in [4.69, 9.17) is 9.84 Å². The van der Waals surface area contributed by atoms with E-state index < -0.39 is 0 Å². The standard InChI is InChI=1S/C12H16INO4/c13-11(10-4-2-1-3-5-10)12(16)18-9-7-14(17)6-8-15/h1-5,11,15,17H,6-9H2. The molecule has 0 aliphatic carbocycles. The smallest absolute Gasteiger partial charge is 0.323 e. The second-order valence-corrected chi connectivity index (χ2v) is 4.86. The normalized spacial score (nSPS) is 12.4. The lowest BCUT2D eigenvalue weighted by molar-refractivity contribution is -0.149. The van der Waals surface area contributed by atoms with Crippen molar-refractivity contribution in [1.29, 1.82) is 0 Å². The molecule has 0 aliphatic rings. The van der Waals surface area contributed by atoms with Gasteiger partial charge in [-0.05, 0) is 5.56 Å². The Hall–Kier alpha value is -0.700. The monoisotopic (exact) mass is 365 g/mol. The maximum Gasteiger partial charge on any atom is 0.323 e. The zero-order chi connectivity index (χ0) is 13.4. The highest BCUT2D eigenvalue weighted by atomic mass is 127. The number of carbonyl (C=O) groups is 1. The highest BCUT2D eigenvalue weighted by molar-refractivity contribution is 14.1. The lowest BCUT2D eigenvalue weighted by Gasteiger charge is -2.14. The molecule has 0 heterocycles. The zero-order valence-electron chi connectivity index (χ0n) is 9.83. The molecule has 0 aromatic heterocycles. The van der Waals surface area contributed by atoms with Crippen LogP contribution in [-0.2, 0) is 9.53 Å². The largest absolute Gasteiger partial charge is 0.463 e. The van der Waals surface area contributed by atoms with Gasteiger partial charge in [0.1, 0.15) is 10.5 Å². The summed E-state index contributed by atoms with van der Waals surface area (Å²) in [6.07, 6.45) is 0. The van der Waals surface area contributed by atoms with E-state index in [2.05, 4.69) is 0 Å². The fraction of sp³-hybridized carbons (Fsp3) is 0.417. The molecule has 5 nitrogen and oxygen atoms in total. The first-order chi connectivity index (χ1) is 8.65. The molecule has 0 saturated carbocycles. The summed E-state index contributed by atoms with van der Waals surface area (Å²) in [4.78, 5) is 11.7. The van der Waals surface area contributed by atoms with Gasteiger partial charge in [-0.2, -0.15) is 5.06 Å². The molecule has 1 aromatic carbocycles. The van der Waals surface area contributed by atoms with Crippen LogP contribution in [0.4, 0.5) is 0 Å². The Morgan fingerprint density at radius 3 is 2.61 bits per heavy atom. The molecule has 6 heteroatoms. The van der Waals surface area contributed by atoms with E-state index in [-0.39, 0.29) is 36.2 Å². The Morgan fingerprint density at radius 1 is 1.33 bits per heavy atom. The predicted molar refractivity (Wildman–Crippen MR) is 74.6 cm³/mol. The van der Waals surface area contributed by atoms with E-state index in [0.29, 0.717) is 0 Å². The van der Waals surface area contributed by atoms with Gasteiger partial charge in [0.25, 0.3) is 0 Å². The number of rotatable bonds is 7. The molecule has 0 spiro atoms. The lowest BCUT2D eigenvalue weighted by atomic mass is 10.2. The van der Waals surface area contributed by atoms with Gasteiger partial charge >= 0.3 is 5.97 Å². The van der Waals surface area contributed by atoms with Crippen molar-refractivity contribution in [2.45, 2.75) is 3.92 Å². The summed E-state index contributed by atoms with van der Waals surface area (Å²) >= 11 is 2.02. The van der Waals surface area contributed by atoms with Gasteiger partial charge < -0.3 is 15.1 Å². The summed E-state index contributed by atoms with van der Waals surface area (Å²) in [5, 5.41) is 18.7. The lowest BCUT2D eigenvalue weighted by Crippen LogP contribution is -2.28. The van der Waals surface area contributed by atoms with Crippen LogP contribution in [0, 0.1) is 0 Å². The number of carbonyl (C=O) groups excluding carboxylic acids is 1. The van der Waals surface area contributed by atoms with Gasteiger partial charge in [0.2, 0.25) is 0 Å². The number of hydrogen-bond acceptors (Lipinski definition) is 5. The molecule has 100 valence electrons. The Balaban J connectivity index is 2.33. The van der Waals surface area contributed by atoms with E-state index in [1.807, 2.05) is 52.9 Å². The van der Waals surface area contributed by atoms with Crippen LogP contribution >= 0.6 is 22.6 Å². The van der Waals surface area contributed by atoms with E-state index >= 15 is 0 Å². The highest BCUT2D eigenvalue weighted by Gasteiger charge is 2.18.